The third-order valence-corrected chi connectivity index (χ3v) is 4.93. The highest BCUT2D eigenvalue weighted by molar-refractivity contribution is 9.09. The first-order valence-electron chi connectivity index (χ1n) is 8.69. The maximum Gasteiger partial charge on any atom is 0.416 e. The molecule has 0 fully saturated rings. The maximum absolute atomic E-state index is 13.2. The molecular formula is C20H17BrF7NO. The molecule has 164 valence electrons. The minimum Gasteiger partial charge on any atom is -0.341 e. The van der Waals surface area contributed by atoms with Crippen molar-refractivity contribution in [2.75, 3.05) is 18.9 Å². The number of carbonyl (C=O) groups excluding carboxylic acids is 1. The highest BCUT2D eigenvalue weighted by atomic mass is 79.9. The Morgan fingerprint density at radius 3 is 1.90 bits per heavy atom. The van der Waals surface area contributed by atoms with E-state index in [1.165, 1.54) is 31.3 Å². The second kappa shape index (κ2) is 9.36. The van der Waals surface area contributed by atoms with Crippen molar-refractivity contribution in [3.05, 3.63) is 70.5 Å². The summed E-state index contributed by atoms with van der Waals surface area (Å²) in [4.78, 5) is 13.7. The largest absolute Gasteiger partial charge is 0.416 e. The quantitative estimate of drug-likeness (QED) is 0.328. The molecule has 2 aromatic rings. The molecule has 0 spiro atoms. The number of likely N-dealkylation sites (N-methyl/N-ethyl adjacent to an activating group) is 1. The molecule has 2 rings (SSSR count). The number of halogens is 8. The molecule has 0 aromatic heterocycles. The van der Waals surface area contributed by atoms with Crippen molar-refractivity contribution in [1.29, 1.82) is 0 Å². The van der Waals surface area contributed by atoms with E-state index in [9.17, 15) is 35.5 Å². The van der Waals surface area contributed by atoms with E-state index in [-0.39, 0.29) is 18.5 Å². The van der Waals surface area contributed by atoms with Crippen molar-refractivity contribution < 1.29 is 35.5 Å². The van der Waals surface area contributed by atoms with Gasteiger partial charge in [-0.25, -0.2) is 4.39 Å². The van der Waals surface area contributed by atoms with E-state index in [1.807, 2.05) is 0 Å². The molecule has 0 saturated carbocycles. The SMILES string of the molecule is CN(C[C@@H](CCBr)c1ccc(F)cc1)C(=O)c1cc(C(F)(F)F)cc(C(F)(F)F)c1. The summed E-state index contributed by atoms with van der Waals surface area (Å²) in [6.45, 7) is 0.0215. The highest BCUT2D eigenvalue weighted by Gasteiger charge is 2.37. The Morgan fingerprint density at radius 1 is 0.967 bits per heavy atom. The van der Waals surface area contributed by atoms with Crippen molar-refractivity contribution in [1.82, 2.24) is 4.90 Å². The van der Waals surface area contributed by atoms with Crippen LogP contribution in [0.25, 0.3) is 0 Å². The molecule has 10 heteroatoms. The first-order chi connectivity index (χ1) is 13.8. The van der Waals surface area contributed by atoms with Crippen molar-refractivity contribution in [3.63, 3.8) is 0 Å². The molecule has 2 nitrogen and oxygen atoms in total. The monoisotopic (exact) mass is 499 g/mol. The van der Waals surface area contributed by atoms with Gasteiger partial charge in [-0.15, -0.1) is 0 Å². The van der Waals surface area contributed by atoms with Gasteiger partial charge in [0.15, 0.2) is 0 Å². The van der Waals surface area contributed by atoms with Gasteiger partial charge >= 0.3 is 12.4 Å². The van der Waals surface area contributed by atoms with Gasteiger partial charge < -0.3 is 4.90 Å². The van der Waals surface area contributed by atoms with Crippen LogP contribution >= 0.6 is 15.9 Å². The number of hydrogen-bond donors (Lipinski definition) is 0. The number of hydrogen-bond acceptors (Lipinski definition) is 1. The molecule has 1 atom stereocenters. The summed E-state index contributed by atoms with van der Waals surface area (Å²) in [7, 11) is 1.29. The van der Waals surface area contributed by atoms with Gasteiger partial charge in [-0.05, 0) is 42.3 Å². The van der Waals surface area contributed by atoms with Gasteiger partial charge in [0.25, 0.3) is 5.91 Å². The average Bonchev–Trinajstić information content (AvgIpc) is 2.66. The lowest BCUT2D eigenvalue weighted by atomic mass is 9.95. The summed E-state index contributed by atoms with van der Waals surface area (Å²) >= 11 is 3.27. The average molecular weight is 500 g/mol. The second-order valence-electron chi connectivity index (χ2n) is 6.71. The summed E-state index contributed by atoms with van der Waals surface area (Å²) in [6.07, 6.45) is -9.57. The Bertz CT molecular complexity index is 846. The summed E-state index contributed by atoms with van der Waals surface area (Å²) in [5.74, 6) is -1.73. The maximum atomic E-state index is 13.2. The predicted molar refractivity (Wildman–Crippen MR) is 101 cm³/mol. The molecule has 0 saturated heterocycles. The number of alkyl halides is 7. The van der Waals surface area contributed by atoms with Gasteiger partial charge in [-0.3, -0.25) is 4.79 Å². The molecule has 1 amide bonds. The van der Waals surface area contributed by atoms with E-state index in [0.717, 1.165) is 4.90 Å². The van der Waals surface area contributed by atoms with Crippen molar-refractivity contribution in [2.24, 2.45) is 0 Å². The molecule has 30 heavy (non-hydrogen) atoms. The van der Waals surface area contributed by atoms with Gasteiger partial charge in [0.05, 0.1) is 11.1 Å². The van der Waals surface area contributed by atoms with Crippen molar-refractivity contribution >= 4 is 21.8 Å². The highest BCUT2D eigenvalue weighted by Crippen LogP contribution is 2.36. The topological polar surface area (TPSA) is 20.3 Å². The molecule has 0 unspecified atom stereocenters. The Labute approximate surface area is 176 Å². The smallest absolute Gasteiger partial charge is 0.341 e. The zero-order valence-corrected chi connectivity index (χ0v) is 17.2. The van der Waals surface area contributed by atoms with Gasteiger partial charge in [0.2, 0.25) is 0 Å². The van der Waals surface area contributed by atoms with Gasteiger partial charge in [-0.1, -0.05) is 28.1 Å². The Kier molecular flexibility index (Phi) is 7.54. The van der Waals surface area contributed by atoms with E-state index >= 15 is 0 Å². The summed E-state index contributed by atoms with van der Waals surface area (Å²) in [5.41, 5.74) is -3.12. The fraction of sp³-hybridized carbons (Fsp3) is 0.350. The Morgan fingerprint density at radius 2 is 1.47 bits per heavy atom. The Balaban J connectivity index is 2.34. The fourth-order valence-corrected chi connectivity index (χ4v) is 3.49. The lowest BCUT2D eigenvalue weighted by molar-refractivity contribution is -0.143. The molecular weight excluding hydrogens is 483 g/mol. The van der Waals surface area contributed by atoms with E-state index in [0.29, 0.717) is 29.4 Å². The van der Waals surface area contributed by atoms with E-state index < -0.39 is 40.8 Å². The molecule has 2 aromatic carbocycles. The van der Waals surface area contributed by atoms with Crippen LogP contribution in [0.1, 0.15) is 39.4 Å². The lowest BCUT2D eigenvalue weighted by Crippen LogP contribution is -2.32. The van der Waals surface area contributed by atoms with Crippen molar-refractivity contribution in [2.45, 2.75) is 24.7 Å². The molecule has 0 aliphatic carbocycles. The van der Waals surface area contributed by atoms with Crippen LogP contribution in [0.3, 0.4) is 0 Å². The predicted octanol–water partition coefficient (Wildman–Crippen LogP) is 6.50. The van der Waals surface area contributed by atoms with Crippen molar-refractivity contribution in [3.8, 4) is 0 Å². The van der Waals surface area contributed by atoms with E-state index in [1.54, 1.807) is 0 Å². The summed E-state index contributed by atoms with van der Waals surface area (Å²) in [6, 6.07) is 6.31. The Hall–Kier alpha value is -2.10. The molecule has 0 aliphatic heterocycles. The zero-order chi connectivity index (χ0) is 22.7. The number of amides is 1. The van der Waals surface area contributed by atoms with Crippen LogP contribution in [0.15, 0.2) is 42.5 Å². The van der Waals surface area contributed by atoms with Crippen LogP contribution in [-0.2, 0) is 12.4 Å². The molecule has 0 radical (unpaired) electrons. The first-order valence-corrected chi connectivity index (χ1v) is 9.81. The molecule has 0 bridgehead atoms. The van der Waals surface area contributed by atoms with Gasteiger partial charge in [-0.2, -0.15) is 26.3 Å². The van der Waals surface area contributed by atoms with Crippen LogP contribution < -0.4 is 0 Å². The minimum atomic E-state index is -5.04. The van der Waals surface area contributed by atoms with Gasteiger partial charge in [0, 0.05) is 30.4 Å². The standard InChI is InChI=1S/C20H17BrF7NO/c1-29(11-13(6-7-21)12-2-4-17(22)5-3-12)18(30)14-8-15(19(23,24)25)10-16(9-14)20(26,27)28/h2-5,8-10,13H,6-7,11H2,1H3/t13-/m1/s1. The number of carbonyl (C=O) groups is 1. The van der Waals surface area contributed by atoms with Crippen LogP contribution in [-0.4, -0.2) is 29.7 Å². The summed E-state index contributed by atoms with van der Waals surface area (Å²) in [5, 5.41) is 0.527. The molecule has 0 N–H and O–H groups in total. The minimum absolute atomic E-state index is 0.0215. The summed E-state index contributed by atoms with van der Waals surface area (Å²) < 4.78 is 91.4. The van der Waals surface area contributed by atoms with Crippen LogP contribution in [0.2, 0.25) is 0 Å². The fourth-order valence-electron chi connectivity index (χ4n) is 2.94. The zero-order valence-electron chi connectivity index (χ0n) is 15.6. The van der Waals surface area contributed by atoms with E-state index in [2.05, 4.69) is 15.9 Å². The van der Waals surface area contributed by atoms with Gasteiger partial charge in [0.1, 0.15) is 5.82 Å². The second-order valence-corrected chi connectivity index (χ2v) is 7.50. The number of rotatable bonds is 6. The first kappa shape index (κ1) is 24.2. The van der Waals surface area contributed by atoms with Crippen LogP contribution in [0, 0.1) is 5.82 Å². The third-order valence-electron chi connectivity index (χ3n) is 4.47. The number of benzene rings is 2. The third kappa shape index (κ3) is 6.20. The van der Waals surface area contributed by atoms with E-state index in [4.69, 9.17) is 0 Å². The van der Waals surface area contributed by atoms with Crippen LogP contribution in [0.4, 0.5) is 30.7 Å². The molecule has 0 heterocycles. The normalized spacial score (nSPS) is 13.2. The molecule has 0 aliphatic rings. The lowest BCUT2D eigenvalue weighted by Gasteiger charge is -2.25. The van der Waals surface area contributed by atoms with Crippen LogP contribution in [0.5, 0.6) is 0 Å². The number of nitrogens with zero attached hydrogens (tertiary/aromatic N) is 1.